The van der Waals surface area contributed by atoms with E-state index >= 15 is 0 Å². The maximum absolute atomic E-state index is 5.27. The molecule has 0 aliphatic rings. The van der Waals surface area contributed by atoms with E-state index in [4.69, 9.17) is 4.42 Å². The molecule has 1 heteroatoms. The molecule has 0 unspecified atom stereocenters. The smallest absolute Gasteiger partial charge is 0.133 e. The van der Waals surface area contributed by atoms with Gasteiger partial charge in [-0.05, 0) is 19.1 Å². The highest BCUT2D eigenvalue weighted by atomic mass is 16.3. The minimum Gasteiger partial charge on any atom is -0.461 e. The van der Waals surface area contributed by atoms with E-state index in [9.17, 15) is 0 Å². The van der Waals surface area contributed by atoms with Crippen molar-refractivity contribution in [3.63, 3.8) is 0 Å². The van der Waals surface area contributed by atoms with Crippen LogP contribution < -0.4 is 10.6 Å². The van der Waals surface area contributed by atoms with Crippen molar-refractivity contribution in [1.29, 1.82) is 0 Å². The molecule has 1 aromatic rings. The van der Waals surface area contributed by atoms with Crippen LogP contribution in [0, 0.1) is 6.92 Å². The van der Waals surface area contributed by atoms with E-state index in [0.29, 0.717) is 0 Å². The van der Waals surface area contributed by atoms with E-state index in [1.807, 2.05) is 13.0 Å². The number of aryl methyl sites for hydroxylation is 1. The molecule has 52 valence electrons. The number of furan rings is 1. The Kier molecular flexibility index (Phi) is 1.76. The third kappa shape index (κ3) is 1.18. The maximum Gasteiger partial charge on any atom is 0.133 e. The molecule has 0 N–H and O–H groups in total. The van der Waals surface area contributed by atoms with Crippen LogP contribution in [0.2, 0.25) is 0 Å². The summed E-state index contributed by atoms with van der Waals surface area (Å²) in [5.41, 5.74) is 0.799. The first-order chi connectivity index (χ1) is 4.74. The highest BCUT2D eigenvalue weighted by Crippen LogP contribution is 1.84. The van der Waals surface area contributed by atoms with E-state index in [2.05, 4.69) is 13.2 Å². The molecule has 0 saturated carbocycles. The molecule has 0 aliphatic carbocycles. The molecule has 10 heavy (non-hydrogen) atoms. The van der Waals surface area contributed by atoms with E-state index in [0.717, 1.165) is 16.4 Å². The zero-order chi connectivity index (χ0) is 7.56. The van der Waals surface area contributed by atoms with Gasteiger partial charge in [0.1, 0.15) is 11.2 Å². The third-order valence-electron chi connectivity index (χ3n) is 1.23. The van der Waals surface area contributed by atoms with Crippen LogP contribution in [-0.2, 0) is 0 Å². The quantitative estimate of drug-likeness (QED) is 0.557. The van der Waals surface area contributed by atoms with Crippen molar-refractivity contribution in [2.75, 3.05) is 0 Å². The largest absolute Gasteiger partial charge is 0.461 e. The molecule has 1 nitrogen and oxygen atoms in total. The lowest BCUT2D eigenvalue weighted by Gasteiger charge is -1.74. The highest BCUT2D eigenvalue weighted by molar-refractivity contribution is 5.32. The molecule has 0 radical (unpaired) electrons. The summed E-state index contributed by atoms with van der Waals surface area (Å²) < 4.78 is 5.27. The summed E-state index contributed by atoms with van der Waals surface area (Å²) in [6.45, 7) is 9.25. The van der Waals surface area contributed by atoms with Gasteiger partial charge in [-0.1, -0.05) is 19.2 Å². The molecule has 0 aliphatic heterocycles. The zero-order valence-electron chi connectivity index (χ0n) is 6.05. The molecule has 1 heterocycles. The minimum absolute atomic E-state index is 0.799. The Morgan fingerprint density at radius 1 is 1.60 bits per heavy atom. The first-order valence-corrected chi connectivity index (χ1v) is 3.12. The molecule has 0 bridgehead atoms. The summed E-state index contributed by atoms with van der Waals surface area (Å²) >= 11 is 0. The third-order valence-corrected chi connectivity index (χ3v) is 1.23. The summed E-state index contributed by atoms with van der Waals surface area (Å²) in [6.07, 6.45) is 3.49. The Balaban J connectivity index is 3.42. The average molecular weight is 134 g/mol. The Morgan fingerprint density at radius 2 is 2.30 bits per heavy atom. The first-order valence-electron chi connectivity index (χ1n) is 3.12. The molecule has 1 rings (SSSR count). The van der Waals surface area contributed by atoms with Crippen LogP contribution in [0.4, 0.5) is 0 Å². The number of rotatable bonds is 1. The molecular formula is C9H10O. The summed E-state index contributed by atoms with van der Waals surface area (Å²) in [5.74, 6) is 0.887. The van der Waals surface area contributed by atoms with Crippen molar-refractivity contribution in [2.45, 2.75) is 6.92 Å². The second kappa shape index (κ2) is 2.56. The van der Waals surface area contributed by atoms with E-state index in [1.165, 1.54) is 0 Å². The van der Waals surface area contributed by atoms with Crippen LogP contribution in [-0.4, -0.2) is 0 Å². The maximum atomic E-state index is 5.27. The summed E-state index contributed by atoms with van der Waals surface area (Å²) in [6, 6.07) is 1.90. The molecule has 0 spiro atoms. The molecule has 0 atom stereocenters. The summed E-state index contributed by atoms with van der Waals surface area (Å²) in [4.78, 5) is 0. The van der Waals surface area contributed by atoms with Gasteiger partial charge in [0, 0.05) is 5.22 Å². The minimum atomic E-state index is 0.799. The lowest BCUT2D eigenvalue weighted by atomic mass is 10.4. The first kappa shape index (κ1) is 6.87. The van der Waals surface area contributed by atoms with Gasteiger partial charge >= 0.3 is 0 Å². The van der Waals surface area contributed by atoms with Gasteiger partial charge in [-0.2, -0.15) is 0 Å². The van der Waals surface area contributed by atoms with Crippen molar-refractivity contribution in [1.82, 2.24) is 0 Å². The van der Waals surface area contributed by atoms with Crippen LogP contribution in [0.1, 0.15) is 5.76 Å². The van der Waals surface area contributed by atoms with E-state index in [-0.39, 0.29) is 0 Å². The highest BCUT2D eigenvalue weighted by Gasteiger charge is 1.88. The van der Waals surface area contributed by atoms with Gasteiger partial charge < -0.3 is 4.42 Å². The topological polar surface area (TPSA) is 13.1 Å². The van der Waals surface area contributed by atoms with E-state index in [1.54, 1.807) is 12.2 Å². The van der Waals surface area contributed by atoms with Crippen LogP contribution >= 0.6 is 0 Å². The second-order valence-corrected chi connectivity index (χ2v) is 2.15. The Labute approximate surface area is 60.0 Å². The molecule has 0 aromatic carbocycles. The van der Waals surface area contributed by atoms with Crippen LogP contribution in [0.25, 0.3) is 12.7 Å². The van der Waals surface area contributed by atoms with Gasteiger partial charge in [0.15, 0.2) is 0 Å². The lowest BCUT2D eigenvalue weighted by Crippen LogP contribution is -2.15. The fraction of sp³-hybridized carbons (Fsp3) is 0.111. The fourth-order valence-electron chi connectivity index (χ4n) is 0.833. The Bertz CT molecular complexity index is 330. The van der Waals surface area contributed by atoms with E-state index < -0.39 is 0 Å². The van der Waals surface area contributed by atoms with Crippen LogP contribution in [0.15, 0.2) is 23.1 Å². The van der Waals surface area contributed by atoms with Crippen molar-refractivity contribution >= 4 is 12.7 Å². The number of allylic oxidation sites excluding steroid dienone is 1. The van der Waals surface area contributed by atoms with Gasteiger partial charge in [-0.3, -0.25) is 0 Å². The predicted octanol–water partition coefficient (Wildman–Crippen LogP) is 0.965. The second-order valence-electron chi connectivity index (χ2n) is 2.15. The Morgan fingerprint density at radius 3 is 2.70 bits per heavy atom. The predicted molar refractivity (Wildman–Crippen MR) is 42.9 cm³/mol. The molecule has 1 aromatic heterocycles. The van der Waals surface area contributed by atoms with Gasteiger partial charge in [-0.15, -0.1) is 0 Å². The SMILES string of the molecule is C=C/C=c1/oc(C)cc1=C. The number of hydrogen-bond donors (Lipinski definition) is 0. The molecular weight excluding hydrogens is 124 g/mol. The average Bonchev–Trinajstić information content (AvgIpc) is 2.13. The molecule has 0 saturated heterocycles. The van der Waals surface area contributed by atoms with Gasteiger partial charge in [-0.25, -0.2) is 0 Å². The summed E-state index contributed by atoms with van der Waals surface area (Å²) in [5, 5.41) is 0.914. The standard InChI is InChI=1S/C9H10O/c1-4-5-9-7(2)6-8(3)10-9/h4-6H,1-2H2,3H3/b9-5+. The van der Waals surface area contributed by atoms with Gasteiger partial charge in [0.25, 0.3) is 0 Å². The monoisotopic (exact) mass is 134 g/mol. The van der Waals surface area contributed by atoms with Gasteiger partial charge in [0.05, 0.1) is 0 Å². The lowest BCUT2D eigenvalue weighted by molar-refractivity contribution is 0.501. The normalized spacial score (nSPS) is 11.9. The van der Waals surface area contributed by atoms with Crippen molar-refractivity contribution in [3.05, 3.63) is 35.1 Å². The van der Waals surface area contributed by atoms with Crippen LogP contribution in [0.5, 0.6) is 0 Å². The molecule has 0 amide bonds. The van der Waals surface area contributed by atoms with Crippen molar-refractivity contribution < 1.29 is 4.42 Å². The van der Waals surface area contributed by atoms with Crippen LogP contribution in [0.3, 0.4) is 0 Å². The molecule has 0 fully saturated rings. The van der Waals surface area contributed by atoms with Crippen molar-refractivity contribution in [2.24, 2.45) is 0 Å². The van der Waals surface area contributed by atoms with Gasteiger partial charge in [0.2, 0.25) is 0 Å². The Hall–Kier alpha value is -1.24. The zero-order valence-corrected chi connectivity index (χ0v) is 6.05. The number of hydrogen-bond acceptors (Lipinski definition) is 1. The summed E-state index contributed by atoms with van der Waals surface area (Å²) in [7, 11) is 0. The van der Waals surface area contributed by atoms with Crippen molar-refractivity contribution in [3.8, 4) is 0 Å². The fourth-order valence-corrected chi connectivity index (χ4v) is 0.833.